The highest BCUT2D eigenvalue weighted by Crippen LogP contribution is 2.15. The van der Waals surface area contributed by atoms with E-state index in [0.29, 0.717) is 6.42 Å². The van der Waals surface area contributed by atoms with Crippen LogP contribution in [0.5, 0.6) is 0 Å². The first-order chi connectivity index (χ1) is 9.19. The molecule has 0 aliphatic rings. The van der Waals surface area contributed by atoms with Crippen molar-refractivity contribution in [1.29, 1.82) is 0 Å². The van der Waals surface area contributed by atoms with Crippen molar-refractivity contribution in [2.75, 3.05) is 25.0 Å². The van der Waals surface area contributed by atoms with Crippen LogP contribution in [0.2, 0.25) is 0 Å². The van der Waals surface area contributed by atoms with E-state index in [1.165, 1.54) is 0 Å². The lowest BCUT2D eigenvalue weighted by Crippen LogP contribution is -2.38. The molecule has 4 heteroatoms. The Labute approximate surface area is 115 Å². The second kappa shape index (κ2) is 8.53. The molecule has 1 aromatic carbocycles. The molecule has 0 bridgehead atoms. The van der Waals surface area contributed by atoms with E-state index in [2.05, 4.69) is 29.3 Å². The van der Waals surface area contributed by atoms with Crippen molar-refractivity contribution in [3.8, 4) is 0 Å². The molecule has 19 heavy (non-hydrogen) atoms. The van der Waals surface area contributed by atoms with Crippen molar-refractivity contribution < 1.29 is 9.90 Å². The molecule has 0 saturated carbocycles. The maximum atomic E-state index is 11.0. The highest BCUT2D eigenvalue weighted by molar-refractivity contribution is 5.73. The van der Waals surface area contributed by atoms with Crippen molar-refractivity contribution in [3.63, 3.8) is 0 Å². The molecule has 0 radical (unpaired) electrons. The van der Waals surface area contributed by atoms with E-state index in [0.717, 1.165) is 31.6 Å². The average molecular weight is 264 g/mol. The van der Waals surface area contributed by atoms with Gasteiger partial charge in [-0.2, -0.15) is 0 Å². The number of aliphatic carboxylic acids is 1. The summed E-state index contributed by atoms with van der Waals surface area (Å²) in [6.45, 7) is 3.88. The standard InChI is InChI=1S/C15H24N2O2/c1-3-4-11-17(13-8-6-5-7-9-13)12-10-14(16-2)15(18)19/h5-9,14,16H,3-4,10-12H2,1-2H3,(H,18,19). The van der Waals surface area contributed by atoms with Gasteiger partial charge < -0.3 is 15.3 Å². The molecule has 2 N–H and O–H groups in total. The third-order valence-electron chi connectivity index (χ3n) is 3.24. The molecule has 0 aliphatic heterocycles. The number of anilines is 1. The van der Waals surface area contributed by atoms with E-state index in [9.17, 15) is 4.79 Å². The van der Waals surface area contributed by atoms with Gasteiger partial charge in [-0.1, -0.05) is 31.5 Å². The lowest BCUT2D eigenvalue weighted by atomic mass is 10.1. The van der Waals surface area contributed by atoms with E-state index in [4.69, 9.17) is 5.11 Å². The lowest BCUT2D eigenvalue weighted by molar-refractivity contribution is -0.139. The van der Waals surface area contributed by atoms with Crippen LogP contribution in [0.25, 0.3) is 0 Å². The summed E-state index contributed by atoms with van der Waals surface area (Å²) in [6.07, 6.45) is 2.86. The van der Waals surface area contributed by atoms with Crippen LogP contribution in [-0.2, 0) is 4.79 Å². The molecule has 1 rings (SSSR count). The summed E-state index contributed by atoms with van der Waals surface area (Å²) < 4.78 is 0. The van der Waals surface area contributed by atoms with Crippen LogP contribution in [0.1, 0.15) is 26.2 Å². The van der Waals surface area contributed by atoms with E-state index in [1.807, 2.05) is 18.2 Å². The molecule has 4 nitrogen and oxygen atoms in total. The van der Waals surface area contributed by atoms with Crippen molar-refractivity contribution in [2.24, 2.45) is 0 Å². The summed E-state index contributed by atoms with van der Waals surface area (Å²) >= 11 is 0. The Morgan fingerprint density at radius 3 is 2.53 bits per heavy atom. The molecular weight excluding hydrogens is 240 g/mol. The summed E-state index contributed by atoms with van der Waals surface area (Å²) in [7, 11) is 1.69. The van der Waals surface area contributed by atoms with Crippen LogP contribution < -0.4 is 10.2 Å². The first-order valence-corrected chi connectivity index (χ1v) is 6.89. The molecule has 1 aromatic rings. The summed E-state index contributed by atoms with van der Waals surface area (Å²) in [5.41, 5.74) is 1.16. The molecule has 0 amide bonds. The van der Waals surface area contributed by atoms with Crippen molar-refractivity contribution in [2.45, 2.75) is 32.2 Å². The van der Waals surface area contributed by atoms with Crippen LogP contribution >= 0.6 is 0 Å². The SMILES string of the molecule is CCCCN(CCC(NC)C(=O)O)c1ccccc1. The molecule has 0 aliphatic carbocycles. The van der Waals surface area contributed by atoms with Crippen molar-refractivity contribution in [1.82, 2.24) is 5.32 Å². The minimum Gasteiger partial charge on any atom is -0.480 e. The van der Waals surface area contributed by atoms with E-state index < -0.39 is 12.0 Å². The Kier molecular flexibility index (Phi) is 6.97. The van der Waals surface area contributed by atoms with Gasteiger partial charge in [-0.15, -0.1) is 0 Å². The number of hydrogen-bond donors (Lipinski definition) is 2. The molecule has 0 saturated heterocycles. The average Bonchev–Trinajstić information content (AvgIpc) is 2.43. The van der Waals surface area contributed by atoms with Crippen LogP contribution in [0.3, 0.4) is 0 Å². The van der Waals surface area contributed by atoms with Gasteiger partial charge in [-0.3, -0.25) is 4.79 Å². The maximum Gasteiger partial charge on any atom is 0.320 e. The predicted octanol–water partition coefficient (Wildman–Crippen LogP) is 2.36. The van der Waals surface area contributed by atoms with Gasteiger partial charge >= 0.3 is 5.97 Å². The van der Waals surface area contributed by atoms with Crippen LogP contribution in [-0.4, -0.2) is 37.3 Å². The molecule has 0 heterocycles. The Balaban J connectivity index is 2.62. The van der Waals surface area contributed by atoms with E-state index in [1.54, 1.807) is 7.05 Å². The molecule has 1 atom stereocenters. The van der Waals surface area contributed by atoms with Gasteiger partial charge in [0.1, 0.15) is 6.04 Å². The third-order valence-corrected chi connectivity index (χ3v) is 3.24. The number of carbonyl (C=O) groups is 1. The fourth-order valence-electron chi connectivity index (χ4n) is 2.03. The van der Waals surface area contributed by atoms with Gasteiger partial charge in [-0.25, -0.2) is 0 Å². The number of para-hydroxylation sites is 1. The number of nitrogens with zero attached hydrogens (tertiary/aromatic N) is 1. The van der Waals surface area contributed by atoms with E-state index in [-0.39, 0.29) is 0 Å². The normalized spacial score (nSPS) is 12.1. The summed E-state index contributed by atoms with van der Waals surface area (Å²) in [5, 5.41) is 11.9. The minimum atomic E-state index is -0.786. The molecule has 1 unspecified atom stereocenters. The second-order valence-corrected chi connectivity index (χ2v) is 4.64. The first kappa shape index (κ1) is 15.5. The lowest BCUT2D eigenvalue weighted by Gasteiger charge is -2.26. The topological polar surface area (TPSA) is 52.6 Å². The number of nitrogens with one attached hydrogen (secondary N) is 1. The van der Waals surface area contributed by atoms with Crippen LogP contribution in [0.4, 0.5) is 5.69 Å². The number of carboxylic acids is 1. The zero-order valence-electron chi connectivity index (χ0n) is 11.8. The van der Waals surface area contributed by atoms with E-state index >= 15 is 0 Å². The Bertz CT molecular complexity index is 368. The van der Waals surface area contributed by atoms with Gasteiger partial charge in [0.25, 0.3) is 0 Å². The smallest absolute Gasteiger partial charge is 0.320 e. The Morgan fingerprint density at radius 2 is 2.00 bits per heavy atom. The number of carboxylic acid groups (broad SMARTS) is 1. The highest BCUT2D eigenvalue weighted by Gasteiger charge is 2.16. The number of rotatable bonds is 9. The molecule has 106 valence electrons. The maximum absolute atomic E-state index is 11.0. The quantitative estimate of drug-likeness (QED) is 0.719. The Morgan fingerprint density at radius 1 is 1.32 bits per heavy atom. The zero-order chi connectivity index (χ0) is 14.1. The second-order valence-electron chi connectivity index (χ2n) is 4.64. The fourth-order valence-corrected chi connectivity index (χ4v) is 2.03. The van der Waals surface area contributed by atoms with Crippen molar-refractivity contribution >= 4 is 11.7 Å². The monoisotopic (exact) mass is 264 g/mol. The number of unbranched alkanes of at least 4 members (excludes halogenated alkanes) is 1. The molecule has 0 aromatic heterocycles. The van der Waals surface area contributed by atoms with Gasteiger partial charge in [0.2, 0.25) is 0 Å². The number of benzene rings is 1. The zero-order valence-corrected chi connectivity index (χ0v) is 11.8. The molecule has 0 spiro atoms. The largest absolute Gasteiger partial charge is 0.480 e. The van der Waals surface area contributed by atoms with Gasteiger partial charge in [0, 0.05) is 18.8 Å². The molecule has 0 fully saturated rings. The van der Waals surface area contributed by atoms with Gasteiger partial charge in [-0.05, 0) is 32.0 Å². The third kappa shape index (κ3) is 5.30. The van der Waals surface area contributed by atoms with Crippen LogP contribution in [0.15, 0.2) is 30.3 Å². The highest BCUT2D eigenvalue weighted by atomic mass is 16.4. The number of hydrogen-bond acceptors (Lipinski definition) is 3. The van der Waals surface area contributed by atoms with Crippen LogP contribution in [0, 0.1) is 0 Å². The van der Waals surface area contributed by atoms with Crippen molar-refractivity contribution in [3.05, 3.63) is 30.3 Å². The molecular formula is C15H24N2O2. The summed E-state index contributed by atoms with van der Waals surface area (Å²) in [4.78, 5) is 13.3. The minimum absolute atomic E-state index is 0.479. The van der Waals surface area contributed by atoms with Gasteiger partial charge in [0.15, 0.2) is 0 Å². The first-order valence-electron chi connectivity index (χ1n) is 6.89. The van der Waals surface area contributed by atoms with Gasteiger partial charge in [0.05, 0.1) is 0 Å². The fraction of sp³-hybridized carbons (Fsp3) is 0.533. The Hall–Kier alpha value is -1.55. The summed E-state index contributed by atoms with van der Waals surface area (Å²) in [5.74, 6) is -0.786. The number of likely N-dealkylation sites (N-methyl/N-ethyl adjacent to an activating group) is 1. The summed E-state index contributed by atoms with van der Waals surface area (Å²) in [6, 6.07) is 9.69. The predicted molar refractivity (Wildman–Crippen MR) is 78.7 cm³/mol.